The summed E-state index contributed by atoms with van der Waals surface area (Å²) in [5, 5.41) is 18.3. The van der Waals surface area contributed by atoms with E-state index < -0.39 is 6.04 Å². The van der Waals surface area contributed by atoms with Gasteiger partial charge in [0.2, 0.25) is 17.8 Å². The maximum absolute atomic E-state index is 12.8. The molecule has 0 bridgehead atoms. The number of benzene rings is 1. The molecular weight excluding hydrogens is 520 g/mol. The van der Waals surface area contributed by atoms with Gasteiger partial charge in [0.1, 0.15) is 11.9 Å². The van der Waals surface area contributed by atoms with Gasteiger partial charge in [-0.3, -0.25) is 9.59 Å². The second-order valence-electron chi connectivity index (χ2n) is 9.48. The minimum absolute atomic E-state index is 0.0962. The molecule has 41 heavy (non-hydrogen) atoms. The Kier molecular flexibility index (Phi) is 14.4. The zero-order valence-electron chi connectivity index (χ0n) is 24.5. The van der Waals surface area contributed by atoms with Crippen LogP contribution in [-0.4, -0.2) is 92.1 Å². The summed E-state index contributed by atoms with van der Waals surface area (Å²) in [6, 6.07) is 8.40. The second kappa shape index (κ2) is 18.0. The molecule has 2 amide bonds. The smallest absolute Gasteiger partial charge is 0.246 e. The molecule has 1 aromatic heterocycles. The van der Waals surface area contributed by atoms with Crippen LogP contribution in [0.2, 0.25) is 0 Å². The largest absolute Gasteiger partial charge is 0.382 e. The van der Waals surface area contributed by atoms with E-state index in [0.717, 1.165) is 18.7 Å². The number of anilines is 3. The van der Waals surface area contributed by atoms with Gasteiger partial charge in [-0.05, 0) is 51.2 Å². The number of nitrogens with one attached hydrogen (secondary N) is 3. The Morgan fingerprint density at radius 3 is 2.59 bits per heavy atom. The molecule has 0 spiro atoms. The van der Waals surface area contributed by atoms with E-state index in [2.05, 4.69) is 50.8 Å². The summed E-state index contributed by atoms with van der Waals surface area (Å²) in [5.74, 6) is 6.76. The number of rotatable bonds is 15. The average Bonchev–Trinajstić information content (AvgIpc) is 2.96. The van der Waals surface area contributed by atoms with Gasteiger partial charge in [0.25, 0.3) is 0 Å². The molecule has 2 aromatic rings. The fourth-order valence-electron chi connectivity index (χ4n) is 3.49. The Morgan fingerprint density at radius 2 is 1.93 bits per heavy atom. The summed E-state index contributed by atoms with van der Waals surface area (Å²) in [4.78, 5) is 37.5. The third kappa shape index (κ3) is 11.7. The number of hydrogen-bond acceptors (Lipinski definition) is 9. The van der Waals surface area contributed by atoms with Gasteiger partial charge < -0.3 is 30.5 Å². The predicted molar refractivity (Wildman–Crippen MR) is 161 cm³/mol. The van der Waals surface area contributed by atoms with E-state index in [9.17, 15) is 9.59 Å². The lowest BCUT2D eigenvalue weighted by atomic mass is 10.2. The first kappa shape index (κ1) is 32.8. The van der Waals surface area contributed by atoms with Crippen LogP contribution in [0.3, 0.4) is 0 Å². The van der Waals surface area contributed by atoms with E-state index in [4.69, 9.17) is 10.00 Å². The summed E-state index contributed by atoms with van der Waals surface area (Å²) in [6.45, 7) is 3.94. The van der Waals surface area contributed by atoms with Crippen LogP contribution < -0.4 is 16.0 Å². The Bertz CT molecular complexity index is 1260. The number of aromatic nitrogens is 2. The molecule has 0 aliphatic heterocycles. The number of ether oxygens (including phenoxy) is 1. The fourth-order valence-corrected chi connectivity index (χ4v) is 3.49. The monoisotopic (exact) mass is 560 g/mol. The molecule has 0 radical (unpaired) electrons. The number of likely N-dealkylation sites (N-methyl/N-ethyl adjacent to an activating group) is 2. The van der Waals surface area contributed by atoms with Gasteiger partial charge in [0.05, 0.1) is 30.0 Å². The van der Waals surface area contributed by atoms with Crippen LogP contribution in [0.4, 0.5) is 17.5 Å². The molecule has 218 valence electrons. The van der Waals surface area contributed by atoms with Crippen LogP contribution in [0, 0.1) is 23.2 Å². The molecular formula is C30H40N8O3. The highest BCUT2D eigenvalue weighted by molar-refractivity contribution is 5.92. The normalized spacial score (nSPS) is 11.3. The van der Waals surface area contributed by atoms with E-state index in [0.29, 0.717) is 48.8 Å². The van der Waals surface area contributed by atoms with Crippen LogP contribution in [0.15, 0.2) is 42.6 Å². The number of unbranched alkanes of at least 4 members (excludes halogenated alkanes) is 1. The number of carbonyl (C=O) groups is 2. The first-order valence-electron chi connectivity index (χ1n) is 13.5. The zero-order valence-corrected chi connectivity index (χ0v) is 24.5. The summed E-state index contributed by atoms with van der Waals surface area (Å²) >= 11 is 0. The number of amides is 2. The summed E-state index contributed by atoms with van der Waals surface area (Å²) < 4.78 is 5.18. The van der Waals surface area contributed by atoms with Crippen molar-refractivity contribution in [2.45, 2.75) is 32.2 Å². The number of nitriles is 1. The van der Waals surface area contributed by atoms with Gasteiger partial charge in [-0.2, -0.15) is 10.2 Å². The third-order valence-electron chi connectivity index (χ3n) is 5.78. The number of hydrogen-bond donors (Lipinski definition) is 3. The van der Waals surface area contributed by atoms with Gasteiger partial charge in [0.15, 0.2) is 0 Å². The van der Waals surface area contributed by atoms with E-state index in [1.54, 1.807) is 43.6 Å². The molecule has 0 saturated heterocycles. The van der Waals surface area contributed by atoms with Crippen molar-refractivity contribution in [1.82, 2.24) is 25.1 Å². The highest BCUT2D eigenvalue weighted by atomic mass is 16.5. The van der Waals surface area contributed by atoms with Crippen molar-refractivity contribution in [2.24, 2.45) is 0 Å². The maximum atomic E-state index is 12.8. The van der Waals surface area contributed by atoms with E-state index in [-0.39, 0.29) is 18.4 Å². The molecule has 0 unspecified atom stereocenters. The Morgan fingerprint density at radius 1 is 1.17 bits per heavy atom. The van der Waals surface area contributed by atoms with Crippen LogP contribution in [0.25, 0.3) is 0 Å². The van der Waals surface area contributed by atoms with Crippen molar-refractivity contribution in [3.8, 4) is 17.9 Å². The molecule has 0 fully saturated rings. The Labute approximate surface area is 243 Å². The second-order valence-corrected chi connectivity index (χ2v) is 9.48. The van der Waals surface area contributed by atoms with E-state index in [1.165, 1.54) is 18.1 Å². The lowest BCUT2D eigenvalue weighted by molar-refractivity contribution is -0.137. The van der Waals surface area contributed by atoms with Gasteiger partial charge in [-0.1, -0.05) is 24.8 Å². The van der Waals surface area contributed by atoms with Crippen molar-refractivity contribution in [2.75, 3.05) is 65.1 Å². The molecule has 3 N–H and O–H groups in total. The SMILES string of the molecule is CCCNc1nc(Nc2ccc(C#N)cc2)ncc1C#CCCCNC(=O)[C@H](COC)N(C)C(=O)C=CCN(C)C. The van der Waals surface area contributed by atoms with Crippen LogP contribution in [0.5, 0.6) is 0 Å². The Balaban J connectivity index is 1.93. The minimum Gasteiger partial charge on any atom is -0.382 e. The van der Waals surface area contributed by atoms with Crippen molar-refractivity contribution >= 4 is 29.3 Å². The molecule has 11 heteroatoms. The summed E-state index contributed by atoms with van der Waals surface area (Å²) in [6.07, 6.45) is 7.00. The first-order valence-corrected chi connectivity index (χ1v) is 13.5. The number of nitrogens with zero attached hydrogens (tertiary/aromatic N) is 5. The molecule has 1 atom stereocenters. The predicted octanol–water partition coefficient (Wildman–Crippen LogP) is 2.75. The van der Waals surface area contributed by atoms with Crippen molar-refractivity contribution in [1.29, 1.82) is 5.26 Å². The number of methoxy groups -OCH3 is 1. The maximum Gasteiger partial charge on any atom is 0.246 e. The highest BCUT2D eigenvalue weighted by Crippen LogP contribution is 2.18. The fraction of sp³-hybridized carbons (Fsp3) is 0.433. The van der Waals surface area contributed by atoms with Crippen molar-refractivity contribution in [3.05, 3.63) is 53.7 Å². The number of carbonyl (C=O) groups excluding carboxylic acids is 2. The molecule has 0 aliphatic carbocycles. The Hall–Kier alpha value is -4.45. The zero-order chi connectivity index (χ0) is 30.0. The lowest BCUT2D eigenvalue weighted by Gasteiger charge is -2.25. The molecule has 1 heterocycles. The van der Waals surface area contributed by atoms with Gasteiger partial charge >= 0.3 is 0 Å². The topological polar surface area (TPSA) is 136 Å². The van der Waals surface area contributed by atoms with E-state index in [1.807, 2.05) is 19.0 Å². The molecule has 2 rings (SSSR count). The van der Waals surface area contributed by atoms with Crippen LogP contribution in [-0.2, 0) is 14.3 Å². The van der Waals surface area contributed by atoms with Crippen LogP contribution >= 0.6 is 0 Å². The quantitative estimate of drug-likeness (QED) is 0.171. The van der Waals surface area contributed by atoms with E-state index >= 15 is 0 Å². The lowest BCUT2D eigenvalue weighted by Crippen LogP contribution is -2.50. The minimum atomic E-state index is -0.733. The molecule has 0 saturated carbocycles. The first-order chi connectivity index (χ1) is 19.8. The summed E-state index contributed by atoms with van der Waals surface area (Å²) in [7, 11) is 6.91. The standard InChI is InChI=1S/C30H40N8O3/c1-6-17-32-28-24(21-34-30(36-28)35-25-15-13-23(20-31)14-16-25)11-8-7-9-18-33-29(40)26(22-41-5)38(4)27(39)12-10-19-37(2)3/h10,12-16,21,26H,6-7,9,17-19,22H2,1-5H3,(H,33,40)(H2,32,34,35,36)/t26-/m0/s1. The van der Waals surface area contributed by atoms with Gasteiger partial charge in [-0.25, -0.2) is 4.98 Å². The molecule has 11 nitrogen and oxygen atoms in total. The molecule has 1 aromatic carbocycles. The summed E-state index contributed by atoms with van der Waals surface area (Å²) in [5.41, 5.74) is 2.03. The van der Waals surface area contributed by atoms with Crippen molar-refractivity contribution in [3.63, 3.8) is 0 Å². The highest BCUT2D eigenvalue weighted by Gasteiger charge is 2.25. The third-order valence-corrected chi connectivity index (χ3v) is 5.78. The molecule has 0 aliphatic rings. The van der Waals surface area contributed by atoms with Gasteiger partial charge in [0, 0.05) is 52.0 Å². The van der Waals surface area contributed by atoms with Crippen molar-refractivity contribution < 1.29 is 14.3 Å². The van der Waals surface area contributed by atoms with Gasteiger partial charge in [-0.15, -0.1) is 0 Å². The average molecular weight is 561 g/mol. The van der Waals surface area contributed by atoms with Crippen LogP contribution in [0.1, 0.15) is 37.3 Å².